The summed E-state index contributed by atoms with van der Waals surface area (Å²) in [6, 6.07) is 12.2. The standard InChI is InChI=1S/C24H27F2N5O4/c1-35-13-5-11-30(12-10-20(32)28-17-8-9-18(25)19(26)14-17)21-22(27)31(24(34)29-23(21)33)15-16-6-3-2-4-7-16/h2-4,6-9,14H,5,10-13,15,27H2,1H3,(H,28,32)(H,29,33,34). The molecule has 0 aliphatic heterocycles. The largest absolute Gasteiger partial charge is 0.385 e. The maximum Gasteiger partial charge on any atom is 0.330 e. The highest BCUT2D eigenvalue weighted by atomic mass is 19.2. The number of benzene rings is 2. The Morgan fingerprint density at radius 3 is 2.54 bits per heavy atom. The number of nitrogen functional groups attached to an aromatic ring is 1. The van der Waals surface area contributed by atoms with Gasteiger partial charge in [-0.15, -0.1) is 0 Å². The van der Waals surface area contributed by atoms with Gasteiger partial charge in [-0.2, -0.15) is 0 Å². The van der Waals surface area contributed by atoms with Gasteiger partial charge in [-0.05, 0) is 24.1 Å². The monoisotopic (exact) mass is 487 g/mol. The van der Waals surface area contributed by atoms with Crippen LogP contribution in [0.15, 0.2) is 58.1 Å². The molecule has 0 spiro atoms. The maximum absolute atomic E-state index is 13.4. The van der Waals surface area contributed by atoms with Crippen molar-refractivity contribution in [3.63, 3.8) is 0 Å². The van der Waals surface area contributed by atoms with Crippen LogP contribution >= 0.6 is 0 Å². The number of nitrogens with one attached hydrogen (secondary N) is 2. The number of nitrogens with two attached hydrogens (primary N) is 1. The highest BCUT2D eigenvalue weighted by Crippen LogP contribution is 2.19. The van der Waals surface area contributed by atoms with Crippen molar-refractivity contribution < 1.29 is 18.3 Å². The van der Waals surface area contributed by atoms with Crippen LogP contribution in [0, 0.1) is 11.6 Å². The van der Waals surface area contributed by atoms with Crippen molar-refractivity contribution in [2.75, 3.05) is 42.8 Å². The molecule has 3 aromatic rings. The molecule has 0 unspecified atom stereocenters. The van der Waals surface area contributed by atoms with Crippen LogP contribution in [0.4, 0.5) is 26.0 Å². The third kappa shape index (κ3) is 6.76. The fraction of sp³-hybridized carbons (Fsp3) is 0.292. The summed E-state index contributed by atoms with van der Waals surface area (Å²) in [6.07, 6.45) is 0.445. The molecule has 9 nitrogen and oxygen atoms in total. The summed E-state index contributed by atoms with van der Waals surface area (Å²) in [6.45, 7) is 0.954. The Morgan fingerprint density at radius 2 is 1.86 bits per heavy atom. The van der Waals surface area contributed by atoms with Gasteiger partial charge in [-0.25, -0.2) is 13.6 Å². The van der Waals surface area contributed by atoms with Crippen LogP contribution in [0.5, 0.6) is 0 Å². The van der Waals surface area contributed by atoms with E-state index in [-0.39, 0.29) is 36.7 Å². The minimum absolute atomic E-state index is 0.0268. The lowest BCUT2D eigenvalue weighted by Crippen LogP contribution is -2.40. The van der Waals surface area contributed by atoms with E-state index >= 15 is 0 Å². The number of nitrogens with zero attached hydrogens (tertiary/aromatic N) is 2. The number of amides is 1. The maximum atomic E-state index is 13.4. The number of carbonyl (C=O) groups is 1. The number of aromatic nitrogens is 2. The molecule has 35 heavy (non-hydrogen) atoms. The molecule has 0 bridgehead atoms. The molecule has 0 saturated carbocycles. The smallest absolute Gasteiger partial charge is 0.330 e. The highest BCUT2D eigenvalue weighted by Gasteiger charge is 2.20. The molecule has 4 N–H and O–H groups in total. The second kappa shape index (κ2) is 11.9. The van der Waals surface area contributed by atoms with Gasteiger partial charge in [0.15, 0.2) is 11.6 Å². The summed E-state index contributed by atoms with van der Waals surface area (Å²) in [5, 5.41) is 2.50. The van der Waals surface area contributed by atoms with E-state index in [1.807, 2.05) is 30.3 Å². The molecular formula is C24H27F2N5O4. The van der Waals surface area contributed by atoms with E-state index in [1.165, 1.54) is 10.6 Å². The number of hydrogen-bond acceptors (Lipinski definition) is 6. The first-order valence-electron chi connectivity index (χ1n) is 11.0. The van der Waals surface area contributed by atoms with Crippen LogP contribution in [-0.2, 0) is 16.1 Å². The minimum atomic E-state index is -1.08. The number of methoxy groups -OCH3 is 1. The molecule has 1 aromatic heterocycles. The second-order valence-electron chi connectivity index (χ2n) is 7.83. The molecule has 0 atom stereocenters. The third-order valence-corrected chi connectivity index (χ3v) is 5.30. The zero-order valence-corrected chi connectivity index (χ0v) is 19.2. The van der Waals surface area contributed by atoms with E-state index in [1.54, 1.807) is 12.0 Å². The normalized spacial score (nSPS) is 10.8. The van der Waals surface area contributed by atoms with E-state index < -0.39 is 28.8 Å². The zero-order chi connectivity index (χ0) is 25.4. The zero-order valence-electron chi connectivity index (χ0n) is 19.2. The minimum Gasteiger partial charge on any atom is -0.385 e. The lowest BCUT2D eigenvalue weighted by atomic mass is 10.2. The van der Waals surface area contributed by atoms with Crippen molar-refractivity contribution in [3.05, 3.63) is 86.6 Å². The molecule has 1 heterocycles. The first-order chi connectivity index (χ1) is 16.8. The number of anilines is 3. The number of aromatic amines is 1. The number of rotatable bonds is 11. The van der Waals surface area contributed by atoms with Crippen LogP contribution in [0.2, 0.25) is 0 Å². The predicted molar refractivity (Wildman–Crippen MR) is 130 cm³/mol. The van der Waals surface area contributed by atoms with Crippen molar-refractivity contribution >= 4 is 23.1 Å². The third-order valence-electron chi connectivity index (χ3n) is 5.30. The van der Waals surface area contributed by atoms with E-state index in [0.29, 0.717) is 19.6 Å². The molecule has 186 valence electrons. The Labute approximate surface area is 200 Å². The van der Waals surface area contributed by atoms with Crippen LogP contribution in [0.1, 0.15) is 18.4 Å². The predicted octanol–water partition coefficient (Wildman–Crippen LogP) is 2.32. The van der Waals surface area contributed by atoms with Gasteiger partial charge >= 0.3 is 5.69 Å². The van der Waals surface area contributed by atoms with E-state index in [4.69, 9.17) is 10.5 Å². The van der Waals surface area contributed by atoms with Crippen molar-refractivity contribution in [3.8, 4) is 0 Å². The Morgan fingerprint density at radius 1 is 1.11 bits per heavy atom. The second-order valence-corrected chi connectivity index (χ2v) is 7.83. The summed E-state index contributed by atoms with van der Waals surface area (Å²) in [5.41, 5.74) is 5.96. The Hall–Kier alpha value is -3.99. The van der Waals surface area contributed by atoms with E-state index in [9.17, 15) is 23.2 Å². The first-order valence-corrected chi connectivity index (χ1v) is 11.0. The summed E-state index contributed by atoms with van der Waals surface area (Å²) >= 11 is 0. The van der Waals surface area contributed by atoms with Crippen LogP contribution in [-0.4, -0.2) is 42.3 Å². The van der Waals surface area contributed by atoms with Crippen LogP contribution < -0.4 is 27.2 Å². The average molecular weight is 488 g/mol. The van der Waals surface area contributed by atoms with Crippen molar-refractivity contribution in [1.29, 1.82) is 0 Å². The molecule has 0 aliphatic rings. The van der Waals surface area contributed by atoms with Gasteiger partial charge in [0.05, 0.1) is 6.54 Å². The van der Waals surface area contributed by atoms with E-state index in [0.717, 1.165) is 17.7 Å². The molecule has 2 aromatic carbocycles. The van der Waals surface area contributed by atoms with Crippen LogP contribution in [0.3, 0.4) is 0 Å². The van der Waals surface area contributed by atoms with Crippen molar-refractivity contribution in [2.24, 2.45) is 0 Å². The quantitative estimate of drug-likeness (QED) is 0.357. The van der Waals surface area contributed by atoms with Crippen molar-refractivity contribution in [2.45, 2.75) is 19.4 Å². The average Bonchev–Trinajstić information content (AvgIpc) is 2.83. The summed E-state index contributed by atoms with van der Waals surface area (Å²) in [5.74, 6) is -2.60. The van der Waals surface area contributed by atoms with Gasteiger partial charge in [-0.3, -0.25) is 19.1 Å². The number of ether oxygens (including phenoxy) is 1. The Bertz CT molecular complexity index is 1280. The van der Waals surface area contributed by atoms with Crippen molar-refractivity contribution in [1.82, 2.24) is 9.55 Å². The summed E-state index contributed by atoms with van der Waals surface area (Å²) < 4.78 is 32.9. The number of halogens is 2. The molecule has 0 radical (unpaired) electrons. The van der Waals surface area contributed by atoms with Crippen LogP contribution in [0.25, 0.3) is 0 Å². The van der Waals surface area contributed by atoms with E-state index in [2.05, 4.69) is 10.3 Å². The van der Waals surface area contributed by atoms with Gasteiger partial charge in [-0.1, -0.05) is 30.3 Å². The molecule has 1 amide bonds. The SMILES string of the molecule is COCCCN(CCC(=O)Nc1ccc(F)c(F)c1)c1c(N)n(Cc2ccccc2)c(=O)[nH]c1=O. The Kier molecular flexibility index (Phi) is 8.74. The lowest BCUT2D eigenvalue weighted by molar-refractivity contribution is -0.116. The first kappa shape index (κ1) is 25.6. The Balaban J connectivity index is 1.83. The molecule has 11 heteroatoms. The van der Waals surface area contributed by atoms with Gasteiger partial charge in [0, 0.05) is 45.0 Å². The number of carbonyl (C=O) groups excluding carboxylic acids is 1. The van der Waals surface area contributed by atoms with Gasteiger partial charge < -0.3 is 20.7 Å². The molecule has 3 rings (SSSR count). The summed E-state index contributed by atoms with van der Waals surface area (Å²) in [7, 11) is 1.54. The highest BCUT2D eigenvalue weighted by molar-refractivity contribution is 5.91. The lowest BCUT2D eigenvalue weighted by Gasteiger charge is -2.26. The topological polar surface area (TPSA) is 122 Å². The molecular weight excluding hydrogens is 460 g/mol. The fourth-order valence-corrected chi connectivity index (χ4v) is 3.57. The fourth-order valence-electron chi connectivity index (χ4n) is 3.57. The molecule has 0 fully saturated rings. The number of H-pyrrole nitrogens is 1. The number of hydrogen-bond donors (Lipinski definition) is 3. The van der Waals surface area contributed by atoms with Gasteiger partial charge in [0.25, 0.3) is 5.56 Å². The summed E-state index contributed by atoms with van der Waals surface area (Å²) in [4.78, 5) is 41.6. The van der Waals surface area contributed by atoms with Gasteiger partial charge in [0.1, 0.15) is 11.5 Å². The molecule has 0 aliphatic carbocycles. The molecule has 0 saturated heterocycles. The van der Waals surface area contributed by atoms with Gasteiger partial charge in [0.2, 0.25) is 5.91 Å².